The number of rotatable bonds is 2. The number of carbonyl (C=O) groups excluding carboxylic acids is 1. The van der Waals surface area contributed by atoms with Gasteiger partial charge in [0.25, 0.3) is 0 Å². The van der Waals surface area contributed by atoms with Gasteiger partial charge in [-0.1, -0.05) is 35.9 Å². The normalized spacial score (nSPS) is 18.6. The van der Waals surface area contributed by atoms with Gasteiger partial charge >= 0.3 is 0 Å². The van der Waals surface area contributed by atoms with Gasteiger partial charge in [0.15, 0.2) is 0 Å². The van der Waals surface area contributed by atoms with E-state index in [1.54, 1.807) is 23.1 Å². The average molecular weight is 287 g/mol. The summed E-state index contributed by atoms with van der Waals surface area (Å²) in [5, 5.41) is -0.286. The highest BCUT2D eigenvalue weighted by atomic mass is 32.2. The molecule has 4 heteroatoms. The second-order valence-corrected chi connectivity index (χ2v) is 5.85. The second kappa shape index (κ2) is 5.29. The van der Waals surface area contributed by atoms with Crippen molar-refractivity contribution >= 4 is 23.4 Å². The van der Waals surface area contributed by atoms with E-state index in [1.165, 1.54) is 17.8 Å². The third-order valence-electron chi connectivity index (χ3n) is 3.35. The van der Waals surface area contributed by atoms with Gasteiger partial charge in [-0.15, -0.1) is 11.8 Å². The Hall–Kier alpha value is -1.81. The Morgan fingerprint density at radius 3 is 2.55 bits per heavy atom. The summed E-state index contributed by atoms with van der Waals surface area (Å²) in [7, 11) is 0. The zero-order valence-electron chi connectivity index (χ0n) is 11.0. The molecule has 1 saturated heterocycles. The minimum absolute atomic E-state index is 0.0205. The Balaban J connectivity index is 2.01. The summed E-state index contributed by atoms with van der Waals surface area (Å²) in [6.07, 6.45) is 0. The molecule has 0 aromatic heterocycles. The second-order valence-electron chi connectivity index (χ2n) is 4.78. The highest BCUT2D eigenvalue weighted by Crippen LogP contribution is 2.42. The lowest BCUT2D eigenvalue weighted by molar-refractivity contribution is -0.115. The Labute approximate surface area is 121 Å². The van der Waals surface area contributed by atoms with Crippen LogP contribution in [-0.4, -0.2) is 11.7 Å². The summed E-state index contributed by atoms with van der Waals surface area (Å²) in [6.45, 7) is 2.00. The minimum Gasteiger partial charge on any atom is -0.295 e. The standard InChI is InChI=1S/C16H14FNOS/c1-11-6-8-12(9-7-11)18-15(19)10-20-16(18)13-4-2-3-5-14(13)17/h2-9,16H,10H2,1H3. The molecule has 1 amide bonds. The number of amides is 1. The van der Waals surface area contributed by atoms with Crippen LogP contribution in [0.1, 0.15) is 16.5 Å². The summed E-state index contributed by atoms with van der Waals surface area (Å²) in [4.78, 5) is 13.8. The largest absolute Gasteiger partial charge is 0.295 e. The van der Waals surface area contributed by atoms with E-state index in [2.05, 4.69) is 0 Å². The zero-order valence-corrected chi connectivity index (χ0v) is 11.9. The van der Waals surface area contributed by atoms with Gasteiger partial charge in [0.05, 0.1) is 5.75 Å². The molecule has 1 fully saturated rings. The summed E-state index contributed by atoms with van der Waals surface area (Å²) in [5.74, 6) is 0.135. The van der Waals surface area contributed by atoms with Crippen LogP contribution >= 0.6 is 11.8 Å². The van der Waals surface area contributed by atoms with Gasteiger partial charge in [0.2, 0.25) is 5.91 Å². The maximum absolute atomic E-state index is 14.0. The van der Waals surface area contributed by atoms with Gasteiger partial charge in [0.1, 0.15) is 11.2 Å². The maximum Gasteiger partial charge on any atom is 0.238 e. The van der Waals surface area contributed by atoms with Gasteiger partial charge in [-0.05, 0) is 25.1 Å². The Morgan fingerprint density at radius 1 is 1.15 bits per heavy atom. The predicted octanol–water partition coefficient (Wildman–Crippen LogP) is 3.91. The number of hydrogen-bond acceptors (Lipinski definition) is 2. The summed E-state index contributed by atoms with van der Waals surface area (Å²) >= 11 is 1.46. The first-order valence-corrected chi connectivity index (χ1v) is 7.46. The summed E-state index contributed by atoms with van der Waals surface area (Å²) < 4.78 is 14.0. The quantitative estimate of drug-likeness (QED) is 0.834. The van der Waals surface area contributed by atoms with E-state index >= 15 is 0 Å². The molecule has 0 radical (unpaired) electrons. The van der Waals surface area contributed by atoms with Crippen molar-refractivity contribution in [1.82, 2.24) is 0 Å². The number of thioether (sulfide) groups is 1. The van der Waals surface area contributed by atoms with Crippen molar-refractivity contribution < 1.29 is 9.18 Å². The van der Waals surface area contributed by atoms with E-state index in [0.29, 0.717) is 11.3 Å². The summed E-state index contributed by atoms with van der Waals surface area (Å²) in [5.41, 5.74) is 2.51. The van der Waals surface area contributed by atoms with Crippen LogP contribution in [0.3, 0.4) is 0 Å². The van der Waals surface area contributed by atoms with Crippen molar-refractivity contribution in [3.8, 4) is 0 Å². The van der Waals surface area contributed by atoms with Gasteiger partial charge in [-0.3, -0.25) is 9.69 Å². The number of aryl methyl sites for hydroxylation is 1. The SMILES string of the molecule is Cc1ccc(N2C(=O)CSC2c2ccccc2F)cc1. The zero-order chi connectivity index (χ0) is 14.1. The highest BCUT2D eigenvalue weighted by Gasteiger charge is 2.35. The monoisotopic (exact) mass is 287 g/mol. The smallest absolute Gasteiger partial charge is 0.238 e. The lowest BCUT2D eigenvalue weighted by Crippen LogP contribution is -2.28. The number of carbonyl (C=O) groups is 1. The molecule has 0 spiro atoms. The summed E-state index contributed by atoms with van der Waals surface area (Å²) in [6, 6.07) is 14.4. The molecule has 2 aromatic rings. The molecule has 1 heterocycles. The Kier molecular flexibility index (Phi) is 3.49. The van der Waals surface area contributed by atoms with Gasteiger partial charge < -0.3 is 0 Å². The first-order valence-electron chi connectivity index (χ1n) is 6.41. The highest BCUT2D eigenvalue weighted by molar-refractivity contribution is 8.00. The number of nitrogens with zero attached hydrogens (tertiary/aromatic N) is 1. The fourth-order valence-electron chi connectivity index (χ4n) is 2.31. The molecule has 1 unspecified atom stereocenters. The van der Waals surface area contributed by atoms with E-state index in [0.717, 1.165) is 11.3 Å². The van der Waals surface area contributed by atoms with E-state index in [9.17, 15) is 9.18 Å². The molecular weight excluding hydrogens is 273 g/mol. The molecule has 0 aliphatic carbocycles. The topological polar surface area (TPSA) is 20.3 Å². The lowest BCUT2D eigenvalue weighted by Gasteiger charge is -2.24. The van der Waals surface area contributed by atoms with Crippen molar-refractivity contribution in [2.75, 3.05) is 10.7 Å². The lowest BCUT2D eigenvalue weighted by atomic mass is 10.1. The molecule has 0 N–H and O–H groups in total. The first kappa shape index (κ1) is 13.2. The third kappa shape index (κ3) is 2.31. The fourth-order valence-corrected chi connectivity index (χ4v) is 3.51. The predicted molar refractivity (Wildman–Crippen MR) is 80.3 cm³/mol. The molecule has 20 heavy (non-hydrogen) atoms. The molecule has 1 atom stereocenters. The number of halogens is 1. The van der Waals surface area contributed by atoms with Crippen LogP contribution in [0.15, 0.2) is 48.5 Å². The molecule has 3 rings (SSSR count). The number of hydrogen-bond donors (Lipinski definition) is 0. The van der Waals surface area contributed by atoms with Crippen molar-refractivity contribution in [1.29, 1.82) is 0 Å². The Bertz CT molecular complexity index is 641. The number of benzene rings is 2. The molecular formula is C16H14FNOS. The van der Waals surface area contributed by atoms with Crippen LogP contribution in [0.5, 0.6) is 0 Å². The van der Waals surface area contributed by atoms with Gasteiger partial charge in [-0.25, -0.2) is 4.39 Å². The average Bonchev–Trinajstić information content (AvgIpc) is 2.82. The van der Waals surface area contributed by atoms with Crippen molar-refractivity contribution in [3.05, 3.63) is 65.5 Å². The molecule has 102 valence electrons. The Morgan fingerprint density at radius 2 is 1.85 bits per heavy atom. The van der Waals surface area contributed by atoms with E-state index in [4.69, 9.17) is 0 Å². The molecule has 2 nitrogen and oxygen atoms in total. The van der Waals surface area contributed by atoms with E-state index in [-0.39, 0.29) is 17.1 Å². The molecule has 1 aliphatic heterocycles. The van der Waals surface area contributed by atoms with E-state index in [1.807, 2.05) is 31.2 Å². The fraction of sp³-hybridized carbons (Fsp3) is 0.188. The maximum atomic E-state index is 14.0. The third-order valence-corrected chi connectivity index (χ3v) is 4.55. The van der Waals surface area contributed by atoms with Crippen LogP contribution in [0.4, 0.5) is 10.1 Å². The van der Waals surface area contributed by atoms with Crippen LogP contribution in [0, 0.1) is 12.7 Å². The van der Waals surface area contributed by atoms with Gasteiger partial charge in [0, 0.05) is 11.3 Å². The molecule has 0 saturated carbocycles. The van der Waals surface area contributed by atoms with Gasteiger partial charge in [-0.2, -0.15) is 0 Å². The van der Waals surface area contributed by atoms with Crippen molar-refractivity contribution in [3.63, 3.8) is 0 Å². The molecule has 2 aromatic carbocycles. The van der Waals surface area contributed by atoms with Crippen LogP contribution < -0.4 is 4.90 Å². The van der Waals surface area contributed by atoms with Crippen LogP contribution in [-0.2, 0) is 4.79 Å². The molecule has 1 aliphatic rings. The van der Waals surface area contributed by atoms with Crippen molar-refractivity contribution in [2.24, 2.45) is 0 Å². The molecule has 0 bridgehead atoms. The number of anilines is 1. The van der Waals surface area contributed by atoms with Crippen LogP contribution in [0.25, 0.3) is 0 Å². The van der Waals surface area contributed by atoms with Crippen LogP contribution in [0.2, 0.25) is 0 Å². The van der Waals surface area contributed by atoms with E-state index < -0.39 is 0 Å². The minimum atomic E-state index is -0.286. The van der Waals surface area contributed by atoms with Crippen molar-refractivity contribution in [2.45, 2.75) is 12.3 Å². The first-order chi connectivity index (χ1) is 9.66.